The summed E-state index contributed by atoms with van der Waals surface area (Å²) in [5.41, 5.74) is 8.37. The molecule has 3 heterocycles. The van der Waals surface area contributed by atoms with Gasteiger partial charge in [-0.15, -0.1) is 11.3 Å². The maximum Gasteiger partial charge on any atom is 0.147 e. The molecule has 8 aromatic carbocycles. The van der Waals surface area contributed by atoms with Gasteiger partial charge in [0.15, 0.2) is 0 Å². The van der Waals surface area contributed by atoms with Gasteiger partial charge in [-0.3, -0.25) is 0 Å². The molecular formula is C46H26O2S. The first-order valence-electron chi connectivity index (χ1n) is 16.6. The Hall–Kier alpha value is -6.16. The van der Waals surface area contributed by atoms with Crippen LogP contribution >= 0.6 is 11.3 Å². The fourth-order valence-electron chi connectivity index (χ4n) is 8.08. The van der Waals surface area contributed by atoms with Gasteiger partial charge in [-0.2, -0.15) is 0 Å². The van der Waals surface area contributed by atoms with E-state index in [9.17, 15) is 0 Å². The number of fused-ring (bicyclic) bond motifs is 10. The summed E-state index contributed by atoms with van der Waals surface area (Å²) in [6.45, 7) is 0. The third-order valence-corrected chi connectivity index (χ3v) is 11.2. The Bertz CT molecular complexity index is 3050. The fourth-order valence-corrected chi connectivity index (χ4v) is 9.21. The van der Waals surface area contributed by atoms with E-state index in [2.05, 4.69) is 146 Å². The SMILES string of the molecule is c1ccc(-c2c(-c3c4ccccc4c(-c4cccc5sc6ccccc6c45)c4ccccc34)oc3c2ccc2oc4ccccc4c23)cc1. The number of benzene rings is 8. The predicted molar refractivity (Wildman–Crippen MR) is 208 cm³/mol. The van der Waals surface area contributed by atoms with Crippen molar-refractivity contribution in [2.45, 2.75) is 0 Å². The Morgan fingerprint density at radius 2 is 0.959 bits per heavy atom. The van der Waals surface area contributed by atoms with Crippen molar-refractivity contribution in [3.8, 4) is 33.6 Å². The second kappa shape index (κ2) is 10.2. The highest BCUT2D eigenvalue weighted by atomic mass is 32.1. The molecule has 0 aliphatic heterocycles. The molecule has 228 valence electrons. The summed E-state index contributed by atoms with van der Waals surface area (Å²) in [4.78, 5) is 0. The van der Waals surface area contributed by atoms with Gasteiger partial charge in [-0.05, 0) is 68.6 Å². The molecule has 2 nitrogen and oxygen atoms in total. The van der Waals surface area contributed by atoms with Crippen molar-refractivity contribution in [3.05, 3.63) is 158 Å². The fraction of sp³-hybridized carbons (Fsp3) is 0. The predicted octanol–water partition coefficient (Wildman–Crippen LogP) is 14.0. The van der Waals surface area contributed by atoms with E-state index < -0.39 is 0 Å². The van der Waals surface area contributed by atoms with Gasteiger partial charge in [0.1, 0.15) is 22.5 Å². The zero-order valence-electron chi connectivity index (χ0n) is 26.2. The van der Waals surface area contributed by atoms with E-state index in [0.29, 0.717) is 0 Å². The quantitative estimate of drug-likeness (QED) is 0.179. The first-order chi connectivity index (χ1) is 24.3. The Morgan fingerprint density at radius 3 is 1.71 bits per heavy atom. The molecule has 0 saturated carbocycles. The molecule has 0 fully saturated rings. The topological polar surface area (TPSA) is 26.3 Å². The lowest BCUT2D eigenvalue weighted by molar-refractivity contribution is 0.636. The Labute approximate surface area is 285 Å². The number of hydrogen-bond acceptors (Lipinski definition) is 3. The minimum Gasteiger partial charge on any atom is -0.456 e. The molecule has 0 aliphatic rings. The van der Waals surface area contributed by atoms with Gasteiger partial charge in [0.25, 0.3) is 0 Å². The van der Waals surface area contributed by atoms with Crippen LogP contribution in [0.1, 0.15) is 0 Å². The monoisotopic (exact) mass is 642 g/mol. The van der Waals surface area contributed by atoms with Crippen LogP contribution in [0.5, 0.6) is 0 Å². The molecule has 0 amide bonds. The van der Waals surface area contributed by atoms with Gasteiger partial charge in [-0.25, -0.2) is 0 Å². The molecule has 49 heavy (non-hydrogen) atoms. The lowest BCUT2D eigenvalue weighted by Crippen LogP contribution is -1.91. The third kappa shape index (κ3) is 3.76. The molecule has 0 aliphatic carbocycles. The van der Waals surface area contributed by atoms with Crippen molar-refractivity contribution in [3.63, 3.8) is 0 Å². The summed E-state index contributed by atoms with van der Waals surface area (Å²) in [7, 11) is 0. The molecule has 3 aromatic heterocycles. The summed E-state index contributed by atoms with van der Waals surface area (Å²) < 4.78 is 16.2. The van der Waals surface area contributed by atoms with Crippen LogP contribution in [-0.4, -0.2) is 0 Å². The molecule has 0 spiro atoms. The second-order valence-electron chi connectivity index (χ2n) is 12.7. The van der Waals surface area contributed by atoms with E-state index in [1.165, 1.54) is 42.1 Å². The van der Waals surface area contributed by atoms with Gasteiger partial charge in [0.05, 0.1) is 5.39 Å². The Kier molecular flexibility index (Phi) is 5.57. The van der Waals surface area contributed by atoms with Crippen LogP contribution in [0.2, 0.25) is 0 Å². The van der Waals surface area contributed by atoms with Crippen LogP contribution < -0.4 is 0 Å². The van der Waals surface area contributed by atoms with Crippen LogP contribution in [0.4, 0.5) is 0 Å². The van der Waals surface area contributed by atoms with Crippen molar-refractivity contribution in [2.75, 3.05) is 0 Å². The lowest BCUT2D eigenvalue weighted by Gasteiger charge is -2.18. The zero-order valence-corrected chi connectivity index (χ0v) is 27.1. The van der Waals surface area contributed by atoms with Gasteiger partial charge < -0.3 is 8.83 Å². The number of rotatable bonds is 3. The van der Waals surface area contributed by atoms with Crippen LogP contribution in [0.25, 0.3) is 108 Å². The summed E-state index contributed by atoms with van der Waals surface area (Å²) in [5.74, 6) is 0.872. The Morgan fingerprint density at radius 1 is 0.347 bits per heavy atom. The molecule has 0 N–H and O–H groups in total. The average Bonchev–Trinajstić information content (AvgIpc) is 3.85. The highest BCUT2D eigenvalue weighted by molar-refractivity contribution is 7.25. The van der Waals surface area contributed by atoms with E-state index >= 15 is 0 Å². The first-order valence-corrected chi connectivity index (χ1v) is 17.4. The summed E-state index contributed by atoms with van der Waals surface area (Å²) in [5, 5.41) is 10.5. The van der Waals surface area contributed by atoms with E-state index in [4.69, 9.17) is 8.83 Å². The molecule has 11 aromatic rings. The van der Waals surface area contributed by atoms with Crippen molar-refractivity contribution in [1.29, 1.82) is 0 Å². The number of furan rings is 2. The van der Waals surface area contributed by atoms with Crippen LogP contribution in [-0.2, 0) is 0 Å². The molecule has 11 rings (SSSR count). The summed E-state index contributed by atoms with van der Waals surface area (Å²) in [6.07, 6.45) is 0. The summed E-state index contributed by atoms with van der Waals surface area (Å²) >= 11 is 1.86. The Balaban J connectivity index is 1.32. The number of para-hydroxylation sites is 1. The maximum atomic E-state index is 7.24. The van der Waals surface area contributed by atoms with E-state index in [1.807, 2.05) is 23.5 Å². The van der Waals surface area contributed by atoms with Gasteiger partial charge in [0.2, 0.25) is 0 Å². The van der Waals surface area contributed by atoms with Crippen molar-refractivity contribution in [1.82, 2.24) is 0 Å². The molecule has 3 heteroatoms. The largest absolute Gasteiger partial charge is 0.456 e. The minimum absolute atomic E-state index is 0.828. The molecule has 0 unspecified atom stereocenters. The first kappa shape index (κ1) is 26.9. The van der Waals surface area contributed by atoms with E-state index in [-0.39, 0.29) is 0 Å². The molecule has 0 saturated heterocycles. The average molecular weight is 643 g/mol. The maximum absolute atomic E-state index is 7.24. The van der Waals surface area contributed by atoms with Crippen molar-refractivity contribution < 1.29 is 8.83 Å². The molecule has 0 atom stereocenters. The van der Waals surface area contributed by atoms with Crippen LogP contribution in [0, 0.1) is 0 Å². The standard InChI is InChI=1S/C46H26O2S/c1-2-13-27(14-3-1)40-35-25-26-37-44(32-19-8-10-22-36(32)47-37)45(35)48-46(40)43-30-17-6-4-15-28(30)41(29-16-5-7-18-31(29)43)34-21-12-24-39-42(34)33-20-9-11-23-38(33)49-39/h1-26H. The van der Waals surface area contributed by atoms with Crippen LogP contribution in [0.3, 0.4) is 0 Å². The minimum atomic E-state index is 0.828. The van der Waals surface area contributed by atoms with E-state index in [0.717, 1.165) is 66.1 Å². The molecule has 0 bridgehead atoms. The number of hydrogen-bond donors (Lipinski definition) is 0. The normalized spacial score (nSPS) is 12.1. The van der Waals surface area contributed by atoms with Gasteiger partial charge in [-0.1, -0.05) is 127 Å². The van der Waals surface area contributed by atoms with Crippen molar-refractivity contribution in [2.24, 2.45) is 0 Å². The van der Waals surface area contributed by atoms with Crippen LogP contribution in [0.15, 0.2) is 167 Å². The number of thiophene rings is 1. The zero-order chi connectivity index (χ0) is 32.1. The van der Waals surface area contributed by atoms with Crippen molar-refractivity contribution >= 4 is 86.0 Å². The third-order valence-electron chi connectivity index (χ3n) is 10.1. The smallest absolute Gasteiger partial charge is 0.147 e. The highest BCUT2D eigenvalue weighted by Gasteiger charge is 2.26. The second-order valence-corrected chi connectivity index (χ2v) is 13.8. The lowest BCUT2D eigenvalue weighted by atomic mass is 9.85. The summed E-state index contributed by atoms with van der Waals surface area (Å²) in [6, 6.07) is 56.4. The van der Waals surface area contributed by atoms with Gasteiger partial charge >= 0.3 is 0 Å². The molecule has 0 radical (unpaired) electrons. The van der Waals surface area contributed by atoms with Gasteiger partial charge in [0, 0.05) is 42.1 Å². The molecular weight excluding hydrogens is 617 g/mol. The highest BCUT2D eigenvalue weighted by Crippen LogP contribution is 2.52. The van der Waals surface area contributed by atoms with E-state index in [1.54, 1.807) is 0 Å².